The van der Waals surface area contributed by atoms with Crippen molar-refractivity contribution < 1.29 is 9.59 Å². The van der Waals surface area contributed by atoms with Gasteiger partial charge in [-0.05, 0) is 62.3 Å². The quantitative estimate of drug-likeness (QED) is 0.643. The SMILES string of the molecule is CCCC[C@H](CC(=O)N1CCC[C@H]1C(=O)NCC1CCC(N)CC1)c1ccccc1. The van der Waals surface area contributed by atoms with Gasteiger partial charge < -0.3 is 16.0 Å². The monoisotopic (exact) mass is 413 g/mol. The van der Waals surface area contributed by atoms with Crippen LogP contribution in [-0.2, 0) is 9.59 Å². The molecule has 1 aliphatic heterocycles. The molecule has 3 rings (SSSR count). The van der Waals surface area contributed by atoms with Gasteiger partial charge in [0.25, 0.3) is 0 Å². The smallest absolute Gasteiger partial charge is 0.242 e. The number of benzene rings is 1. The standard InChI is InChI=1S/C25H39N3O2/c1-2-3-8-21(20-9-5-4-6-10-20)17-24(29)28-16-7-11-23(28)25(30)27-18-19-12-14-22(26)15-13-19/h4-6,9-10,19,21-23H,2-3,7-8,11-18,26H2,1H3,(H,27,30)/t19?,21-,22?,23+/m1/s1. The van der Waals surface area contributed by atoms with Crippen molar-refractivity contribution in [3.05, 3.63) is 35.9 Å². The van der Waals surface area contributed by atoms with Crippen molar-refractivity contribution in [1.29, 1.82) is 0 Å². The van der Waals surface area contributed by atoms with Crippen LogP contribution >= 0.6 is 0 Å². The molecule has 1 aromatic rings. The van der Waals surface area contributed by atoms with Crippen LogP contribution in [0.4, 0.5) is 0 Å². The van der Waals surface area contributed by atoms with Crippen molar-refractivity contribution >= 4 is 11.8 Å². The molecule has 30 heavy (non-hydrogen) atoms. The molecule has 1 aromatic carbocycles. The number of hydrogen-bond acceptors (Lipinski definition) is 3. The number of nitrogens with two attached hydrogens (primary N) is 1. The summed E-state index contributed by atoms with van der Waals surface area (Å²) in [7, 11) is 0. The number of carbonyl (C=O) groups excluding carboxylic acids is 2. The minimum Gasteiger partial charge on any atom is -0.354 e. The van der Waals surface area contributed by atoms with E-state index >= 15 is 0 Å². The lowest BCUT2D eigenvalue weighted by atomic mass is 9.86. The van der Waals surface area contributed by atoms with Crippen LogP contribution < -0.4 is 11.1 Å². The highest BCUT2D eigenvalue weighted by Crippen LogP contribution is 2.29. The third-order valence-electron chi connectivity index (χ3n) is 6.93. The lowest BCUT2D eigenvalue weighted by Gasteiger charge is -2.29. The van der Waals surface area contributed by atoms with E-state index < -0.39 is 0 Å². The predicted octanol–water partition coefficient (Wildman–Crippen LogP) is 3.98. The maximum atomic E-state index is 13.2. The zero-order chi connectivity index (χ0) is 21.3. The Kier molecular flexibility index (Phi) is 8.74. The van der Waals surface area contributed by atoms with Gasteiger partial charge in [0.15, 0.2) is 0 Å². The number of nitrogens with zero attached hydrogens (tertiary/aromatic N) is 1. The summed E-state index contributed by atoms with van der Waals surface area (Å²) in [6.07, 6.45) is 9.71. The van der Waals surface area contributed by atoms with Crippen molar-refractivity contribution in [2.45, 2.75) is 89.1 Å². The van der Waals surface area contributed by atoms with Gasteiger partial charge in [0.2, 0.25) is 11.8 Å². The van der Waals surface area contributed by atoms with E-state index in [4.69, 9.17) is 5.73 Å². The van der Waals surface area contributed by atoms with Crippen LogP contribution in [0.25, 0.3) is 0 Å². The molecule has 5 nitrogen and oxygen atoms in total. The van der Waals surface area contributed by atoms with E-state index in [-0.39, 0.29) is 23.8 Å². The van der Waals surface area contributed by atoms with E-state index in [0.29, 0.717) is 31.5 Å². The summed E-state index contributed by atoms with van der Waals surface area (Å²) in [6.45, 7) is 3.60. The second-order valence-electron chi connectivity index (χ2n) is 9.23. The van der Waals surface area contributed by atoms with Gasteiger partial charge in [0, 0.05) is 25.6 Å². The molecule has 2 atom stereocenters. The minimum atomic E-state index is -0.300. The van der Waals surface area contributed by atoms with Gasteiger partial charge in [-0.1, -0.05) is 50.1 Å². The average molecular weight is 414 g/mol. The molecule has 166 valence electrons. The maximum Gasteiger partial charge on any atom is 0.242 e. The van der Waals surface area contributed by atoms with Gasteiger partial charge in [0.05, 0.1) is 0 Å². The van der Waals surface area contributed by atoms with Crippen LogP contribution in [0.15, 0.2) is 30.3 Å². The van der Waals surface area contributed by atoms with E-state index in [0.717, 1.165) is 57.8 Å². The van der Waals surface area contributed by atoms with Crippen LogP contribution in [0.1, 0.15) is 82.6 Å². The summed E-state index contributed by atoms with van der Waals surface area (Å²) in [4.78, 5) is 27.9. The van der Waals surface area contributed by atoms with Gasteiger partial charge in [0.1, 0.15) is 6.04 Å². The summed E-state index contributed by atoms with van der Waals surface area (Å²) < 4.78 is 0. The number of rotatable bonds is 9. The Morgan fingerprint density at radius 3 is 2.57 bits per heavy atom. The summed E-state index contributed by atoms with van der Waals surface area (Å²) in [5, 5.41) is 3.14. The topological polar surface area (TPSA) is 75.4 Å². The number of hydrogen-bond donors (Lipinski definition) is 2. The second-order valence-corrected chi connectivity index (χ2v) is 9.23. The number of likely N-dealkylation sites (tertiary alicyclic amines) is 1. The zero-order valence-corrected chi connectivity index (χ0v) is 18.5. The first-order valence-electron chi connectivity index (χ1n) is 12.0. The number of nitrogens with one attached hydrogen (secondary N) is 1. The molecule has 2 amide bonds. The Hall–Kier alpha value is -1.88. The van der Waals surface area contributed by atoms with Gasteiger partial charge >= 0.3 is 0 Å². The predicted molar refractivity (Wildman–Crippen MR) is 121 cm³/mol. The number of carbonyl (C=O) groups is 2. The summed E-state index contributed by atoms with van der Waals surface area (Å²) in [6, 6.07) is 10.4. The highest BCUT2D eigenvalue weighted by Gasteiger charge is 2.35. The maximum absolute atomic E-state index is 13.2. The largest absolute Gasteiger partial charge is 0.354 e. The molecule has 2 aliphatic rings. The molecule has 2 fully saturated rings. The molecule has 0 bridgehead atoms. The van der Waals surface area contributed by atoms with E-state index in [2.05, 4.69) is 24.4 Å². The Morgan fingerprint density at radius 2 is 1.87 bits per heavy atom. The summed E-state index contributed by atoms with van der Waals surface area (Å²) in [5.41, 5.74) is 7.22. The van der Waals surface area contributed by atoms with E-state index in [1.54, 1.807) is 0 Å². The molecule has 0 radical (unpaired) electrons. The number of amides is 2. The molecular weight excluding hydrogens is 374 g/mol. The fourth-order valence-corrected chi connectivity index (χ4v) is 4.98. The van der Waals surface area contributed by atoms with E-state index in [1.165, 1.54) is 5.56 Å². The Labute approximate surface area is 181 Å². The first kappa shape index (κ1) is 22.8. The molecule has 3 N–H and O–H groups in total. The first-order chi connectivity index (χ1) is 14.6. The molecule has 1 saturated heterocycles. The Balaban J connectivity index is 1.55. The summed E-state index contributed by atoms with van der Waals surface area (Å²) in [5.74, 6) is 0.909. The summed E-state index contributed by atoms with van der Waals surface area (Å²) >= 11 is 0. The lowest BCUT2D eigenvalue weighted by molar-refractivity contribution is -0.138. The Bertz CT molecular complexity index is 670. The third kappa shape index (κ3) is 6.31. The van der Waals surface area contributed by atoms with Gasteiger partial charge in [-0.2, -0.15) is 0 Å². The van der Waals surface area contributed by atoms with Crippen molar-refractivity contribution in [1.82, 2.24) is 10.2 Å². The zero-order valence-electron chi connectivity index (χ0n) is 18.5. The highest BCUT2D eigenvalue weighted by atomic mass is 16.2. The van der Waals surface area contributed by atoms with Crippen molar-refractivity contribution in [2.24, 2.45) is 11.7 Å². The lowest BCUT2D eigenvalue weighted by Crippen LogP contribution is -2.47. The van der Waals surface area contributed by atoms with Crippen LogP contribution in [0.2, 0.25) is 0 Å². The van der Waals surface area contributed by atoms with E-state index in [1.807, 2.05) is 23.1 Å². The van der Waals surface area contributed by atoms with Crippen molar-refractivity contribution in [2.75, 3.05) is 13.1 Å². The van der Waals surface area contributed by atoms with Crippen LogP contribution in [0.3, 0.4) is 0 Å². The molecule has 1 heterocycles. The molecule has 0 aromatic heterocycles. The molecule has 5 heteroatoms. The van der Waals surface area contributed by atoms with Gasteiger partial charge in [-0.15, -0.1) is 0 Å². The second kappa shape index (κ2) is 11.5. The normalized spacial score (nSPS) is 25.1. The number of unbranched alkanes of at least 4 members (excludes halogenated alkanes) is 1. The van der Waals surface area contributed by atoms with E-state index in [9.17, 15) is 9.59 Å². The fraction of sp³-hybridized carbons (Fsp3) is 0.680. The van der Waals surface area contributed by atoms with Crippen LogP contribution in [0, 0.1) is 5.92 Å². The Morgan fingerprint density at radius 1 is 1.13 bits per heavy atom. The molecule has 1 aliphatic carbocycles. The van der Waals surface area contributed by atoms with Crippen LogP contribution in [-0.4, -0.2) is 41.9 Å². The molecule has 0 spiro atoms. The molecular formula is C25H39N3O2. The molecule has 1 saturated carbocycles. The average Bonchev–Trinajstić information content (AvgIpc) is 3.27. The molecule has 0 unspecified atom stereocenters. The van der Waals surface area contributed by atoms with Gasteiger partial charge in [-0.3, -0.25) is 9.59 Å². The van der Waals surface area contributed by atoms with Gasteiger partial charge in [-0.25, -0.2) is 0 Å². The minimum absolute atomic E-state index is 0.0283. The first-order valence-corrected chi connectivity index (χ1v) is 12.0. The third-order valence-corrected chi connectivity index (χ3v) is 6.93. The van der Waals surface area contributed by atoms with Crippen molar-refractivity contribution in [3.63, 3.8) is 0 Å². The van der Waals surface area contributed by atoms with Crippen molar-refractivity contribution in [3.8, 4) is 0 Å². The fourth-order valence-electron chi connectivity index (χ4n) is 4.98. The van der Waals surface area contributed by atoms with Crippen LogP contribution in [0.5, 0.6) is 0 Å². The highest BCUT2D eigenvalue weighted by molar-refractivity contribution is 5.88.